The van der Waals surface area contributed by atoms with Crippen LogP contribution in [0.2, 0.25) is 0 Å². The number of amides is 2. The van der Waals surface area contributed by atoms with E-state index in [1.807, 2.05) is 0 Å². The van der Waals surface area contributed by atoms with E-state index in [1.165, 1.54) is 24.3 Å². The smallest absolute Gasteiger partial charge is 0.274 e. The highest BCUT2D eigenvalue weighted by Crippen LogP contribution is 2.34. The topological polar surface area (TPSA) is 101 Å². The molecule has 0 saturated heterocycles. The maximum atomic E-state index is 13.3. The second-order valence-electron chi connectivity index (χ2n) is 5.78. The van der Waals surface area contributed by atoms with E-state index in [2.05, 4.69) is 10.6 Å². The Balaban J connectivity index is 1.88. The van der Waals surface area contributed by atoms with E-state index in [0.717, 1.165) is 6.07 Å². The van der Waals surface area contributed by atoms with Crippen molar-refractivity contribution < 1.29 is 18.9 Å². The first-order valence-corrected chi connectivity index (χ1v) is 7.50. The van der Waals surface area contributed by atoms with E-state index in [4.69, 9.17) is 0 Å². The molecule has 0 radical (unpaired) electrons. The average Bonchev–Trinajstić information content (AvgIpc) is 2.55. The Kier molecular flexibility index (Phi) is 4.18. The molecule has 1 aliphatic heterocycles. The van der Waals surface area contributed by atoms with Gasteiger partial charge in [0.2, 0.25) is 11.8 Å². The predicted molar refractivity (Wildman–Crippen MR) is 88.9 cm³/mol. The maximum absolute atomic E-state index is 13.3. The van der Waals surface area contributed by atoms with Crippen LogP contribution in [0.5, 0.6) is 0 Å². The van der Waals surface area contributed by atoms with Crippen LogP contribution in [0.1, 0.15) is 23.5 Å². The zero-order valence-corrected chi connectivity index (χ0v) is 13.2. The number of carbonyl (C=O) groups is 2. The van der Waals surface area contributed by atoms with Crippen LogP contribution in [-0.2, 0) is 9.59 Å². The van der Waals surface area contributed by atoms with Crippen LogP contribution >= 0.6 is 0 Å². The number of aryl methyl sites for hydroxylation is 1. The first-order chi connectivity index (χ1) is 11.8. The average molecular weight is 343 g/mol. The van der Waals surface area contributed by atoms with Crippen LogP contribution in [0.3, 0.4) is 0 Å². The Labute approximate surface area is 142 Å². The van der Waals surface area contributed by atoms with Gasteiger partial charge in [0, 0.05) is 29.4 Å². The molecule has 0 aliphatic carbocycles. The molecule has 1 atom stereocenters. The number of nitrogens with one attached hydrogen (secondary N) is 2. The number of benzene rings is 2. The molecular formula is C17H14FN3O4. The first-order valence-electron chi connectivity index (χ1n) is 7.50. The zero-order valence-electron chi connectivity index (χ0n) is 13.2. The van der Waals surface area contributed by atoms with Crippen LogP contribution in [0, 0.1) is 22.9 Å². The second-order valence-corrected chi connectivity index (χ2v) is 5.78. The Morgan fingerprint density at radius 2 is 2.08 bits per heavy atom. The van der Waals surface area contributed by atoms with Gasteiger partial charge in [-0.05, 0) is 30.7 Å². The fourth-order valence-corrected chi connectivity index (χ4v) is 2.78. The van der Waals surface area contributed by atoms with Gasteiger partial charge in [-0.2, -0.15) is 0 Å². The lowest BCUT2D eigenvalue weighted by Crippen LogP contribution is -2.30. The molecule has 2 N–H and O–H groups in total. The van der Waals surface area contributed by atoms with Crippen molar-refractivity contribution in [2.24, 2.45) is 0 Å². The summed E-state index contributed by atoms with van der Waals surface area (Å²) in [6.45, 7) is 1.60. The molecule has 7 nitrogen and oxygen atoms in total. The molecule has 8 heteroatoms. The number of rotatable bonds is 3. The number of anilines is 2. The van der Waals surface area contributed by atoms with Crippen LogP contribution in [0.15, 0.2) is 36.4 Å². The maximum Gasteiger partial charge on any atom is 0.274 e. The molecule has 0 aromatic heterocycles. The van der Waals surface area contributed by atoms with Crippen LogP contribution in [-0.4, -0.2) is 16.7 Å². The van der Waals surface area contributed by atoms with Crippen LogP contribution in [0.25, 0.3) is 0 Å². The largest absolute Gasteiger partial charge is 0.326 e. The number of fused-ring (bicyclic) bond motifs is 1. The quantitative estimate of drug-likeness (QED) is 0.660. The number of halogens is 1. The van der Waals surface area contributed by atoms with Crippen LogP contribution < -0.4 is 10.6 Å². The molecule has 1 aliphatic rings. The lowest BCUT2D eigenvalue weighted by molar-refractivity contribution is -0.385. The normalized spacial score (nSPS) is 15.9. The highest BCUT2D eigenvalue weighted by Gasteiger charge is 2.31. The van der Waals surface area contributed by atoms with Crippen molar-refractivity contribution in [1.29, 1.82) is 0 Å². The number of nitro groups is 1. The van der Waals surface area contributed by atoms with Gasteiger partial charge in [0.1, 0.15) is 5.82 Å². The van der Waals surface area contributed by atoms with Crippen molar-refractivity contribution in [3.63, 3.8) is 0 Å². The van der Waals surface area contributed by atoms with Gasteiger partial charge < -0.3 is 10.6 Å². The molecule has 128 valence electrons. The summed E-state index contributed by atoms with van der Waals surface area (Å²) in [5.41, 5.74) is 1.38. The third-order valence-corrected chi connectivity index (χ3v) is 4.04. The molecule has 1 heterocycles. The van der Waals surface area contributed by atoms with E-state index in [9.17, 15) is 24.1 Å². The second kappa shape index (κ2) is 6.31. The van der Waals surface area contributed by atoms with E-state index in [0.29, 0.717) is 11.1 Å². The van der Waals surface area contributed by atoms with Gasteiger partial charge in [0.15, 0.2) is 0 Å². The van der Waals surface area contributed by atoms with Crippen molar-refractivity contribution in [2.75, 3.05) is 10.6 Å². The highest BCUT2D eigenvalue weighted by atomic mass is 19.1. The molecule has 0 bridgehead atoms. The monoisotopic (exact) mass is 343 g/mol. The lowest BCUT2D eigenvalue weighted by atomic mass is 9.89. The van der Waals surface area contributed by atoms with E-state index >= 15 is 0 Å². The van der Waals surface area contributed by atoms with E-state index in [-0.39, 0.29) is 23.5 Å². The van der Waals surface area contributed by atoms with Gasteiger partial charge >= 0.3 is 0 Å². The Morgan fingerprint density at radius 1 is 1.32 bits per heavy atom. The minimum atomic E-state index is -0.801. The molecule has 3 rings (SSSR count). The predicted octanol–water partition coefficient (Wildman–Crippen LogP) is 3.11. The van der Waals surface area contributed by atoms with Crippen molar-refractivity contribution in [1.82, 2.24) is 0 Å². The summed E-state index contributed by atoms with van der Waals surface area (Å²) in [6.07, 6.45) is -0.0849. The number of carbonyl (C=O) groups excluding carboxylic acids is 2. The lowest BCUT2D eigenvalue weighted by Gasteiger charge is -2.24. The first kappa shape index (κ1) is 16.6. The summed E-state index contributed by atoms with van der Waals surface area (Å²) in [7, 11) is 0. The molecule has 0 saturated carbocycles. The van der Waals surface area contributed by atoms with Crippen molar-refractivity contribution in [2.45, 2.75) is 19.3 Å². The standard InChI is InChI=1S/C17H14FN3O4/c1-9-2-4-11(7-15(9)21(24)25)19-17(23)13-8-16(22)20-14-6-10(18)3-5-12(13)14/h2-7,13H,8H2,1H3,(H,19,23)(H,20,22)/t13-/m1/s1. The Bertz CT molecular complexity index is 897. The molecule has 0 spiro atoms. The zero-order chi connectivity index (χ0) is 18.1. The molecule has 2 aromatic rings. The van der Waals surface area contributed by atoms with Crippen LogP contribution in [0.4, 0.5) is 21.5 Å². The summed E-state index contributed by atoms with van der Waals surface area (Å²) in [5.74, 6) is -2.20. The summed E-state index contributed by atoms with van der Waals surface area (Å²) in [4.78, 5) is 34.8. The number of hydrogen-bond acceptors (Lipinski definition) is 4. The molecule has 2 amide bonds. The summed E-state index contributed by atoms with van der Waals surface area (Å²) in [6, 6.07) is 8.17. The number of hydrogen-bond donors (Lipinski definition) is 2. The minimum absolute atomic E-state index is 0.0849. The van der Waals surface area contributed by atoms with Crippen molar-refractivity contribution >= 4 is 28.9 Å². The SMILES string of the molecule is Cc1ccc(NC(=O)[C@@H]2CC(=O)Nc3cc(F)ccc32)cc1[N+](=O)[O-]. The fraction of sp³-hybridized carbons (Fsp3) is 0.176. The molecular weight excluding hydrogens is 329 g/mol. The summed E-state index contributed by atoms with van der Waals surface area (Å²) >= 11 is 0. The summed E-state index contributed by atoms with van der Waals surface area (Å²) < 4.78 is 13.3. The van der Waals surface area contributed by atoms with Gasteiger partial charge in [-0.1, -0.05) is 12.1 Å². The number of nitrogens with zero attached hydrogens (tertiary/aromatic N) is 1. The van der Waals surface area contributed by atoms with Gasteiger partial charge in [0.25, 0.3) is 5.69 Å². The highest BCUT2D eigenvalue weighted by molar-refractivity contribution is 6.05. The molecule has 0 unspecified atom stereocenters. The third kappa shape index (κ3) is 3.32. The number of nitro benzene ring substituents is 1. The van der Waals surface area contributed by atoms with Crippen molar-refractivity contribution in [3.8, 4) is 0 Å². The van der Waals surface area contributed by atoms with Crippen molar-refractivity contribution in [3.05, 3.63) is 63.5 Å². The van der Waals surface area contributed by atoms with Gasteiger partial charge in [-0.25, -0.2) is 4.39 Å². The molecule has 25 heavy (non-hydrogen) atoms. The fourth-order valence-electron chi connectivity index (χ4n) is 2.78. The Morgan fingerprint density at radius 3 is 2.80 bits per heavy atom. The summed E-state index contributed by atoms with van der Waals surface area (Å²) in [5, 5.41) is 16.1. The minimum Gasteiger partial charge on any atom is -0.326 e. The Hall–Kier alpha value is -3.29. The molecule has 2 aromatic carbocycles. The van der Waals surface area contributed by atoms with Gasteiger partial charge in [-0.15, -0.1) is 0 Å². The van der Waals surface area contributed by atoms with E-state index in [1.54, 1.807) is 13.0 Å². The van der Waals surface area contributed by atoms with Gasteiger partial charge in [0.05, 0.1) is 10.8 Å². The van der Waals surface area contributed by atoms with Gasteiger partial charge in [-0.3, -0.25) is 19.7 Å². The van der Waals surface area contributed by atoms with E-state index < -0.39 is 28.5 Å². The third-order valence-electron chi connectivity index (χ3n) is 4.04. The molecule has 0 fully saturated rings.